The maximum Gasteiger partial charge on any atom is 0.407 e. The molecule has 29 heavy (non-hydrogen) atoms. The molecule has 8 heteroatoms. The number of benzene rings is 2. The zero-order valence-corrected chi connectivity index (χ0v) is 15.8. The van der Waals surface area contributed by atoms with E-state index < -0.39 is 18.1 Å². The number of carbonyl (C=O) groups is 2. The van der Waals surface area contributed by atoms with Crippen LogP contribution in [0, 0.1) is 0 Å². The molecule has 3 aromatic rings. The van der Waals surface area contributed by atoms with Crippen LogP contribution in [0.2, 0.25) is 0 Å². The average molecular weight is 392 g/mol. The lowest BCUT2D eigenvalue weighted by Crippen LogP contribution is -2.30. The zero-order chi connectivity index (χ0) is 20.4. The highest BCUT2D eigenvalue weighted by atomic mass is 16.5. The summed E-state index contributed by atoms with van der Waals surface area (Å²) in [7, 11) is 0. The fraction of sp³-hybridized carbons (Fsp3) is 0.238. The summed E-state index contributed by atoms with van der Waals surface area (Å²) in [5.41, 5.74) is 4.59. The van der Waals surface area contributed by atoms with Gasteiger partial charge in [0.25, 0.3) is 5.82 Å². The zero-order valence-electron chi connectivity index (χ0n) is 15.8. The number of rotatable bonds is 6. The predicted octanol–water partition coefficient (Wildman–Crippen LogP) is 3.49. The highest BCUT2D eigenvalue weighted by Gasteiger charge is 2.29. The molecule has 1 atom stereocenters. The van der Waals surface area contributed by atoms with Crippen molar-refractivity contribution in [3.8, 4) is 11.1 Å². The van der Waals surface area contributed by atoms with Crippen LogP contribution < -0.4 is 5.32 Å². The van der Waals surface area contributed by atoms with Crippen LogP contribution in [-0.4, -0.2) is 39.0 Å². The van der Waals surface area contributed by atoms with E-state index in [0.29, 0.717) is 6.42 Å². The molecule has 0 spiro atoms. The molecule has 0 unspecified atom stereocenters. The third-order valence-corrected chi connectivity index (χ3v) is 5.07. The Labute approximate surface area is 166 Å². The number of H-pyrrole nitrogens is 1. The van der Waals surface area contributed by atoms with Gasteiger partial charge in [-0.1, -0.05) is 55.5 Å². The van der Waals surface area contributed by atoms with Gasteiger partial charge < -0.3 is 15.2 Å². The summed E-state index contributed by atoms with van der Waals surface area (Å²) in [5.74, 6) is -1.33. The molecule has 0 saturated carbocycles. The van der Waals surface area contributed by atoms with Crippen LogP contribution in [0.1, 0.15) is 52.9 Å². The SMILES string of the molecule is CC[C@H](NC(=O)OCC1c2ccccc2-c2ccccc21)c1nc(C(=O)O)n[nH]1. The summed E-state index contributed by atoms with van der Waals surface area (Å²) in [6.07, 6.45) is -0.0923. The summed E-state index contributed by atoms with van der Waals surface area (Å²) in [6.45, 7) is 2.05. The van der Waals surface area contributed by atoms with Crippen molar-refractivity contribution in [3.05, 3.63) is 71.3 Å². The van der Waals surface area contributed by atoms with Crippen molar-refractivity contribution in [2.45, 2.75) is 25.3 Å². The molecule has 4 rings (SSSR count). The summed E-state index contributed by atoms with van der Waals surface area (Å²) in [6, 6.07) is 15.7. The Kier molecular flexibility index (Phi) is 4.99. The molecule has 0 radical (unpaired) electrons. The Hall–Kier alpha value is -3.68. The minimum absolute atomic E-state index is 0.0304. The van der Waals surface area contributed by atoms with Crippen molar-refractivity contribution in [1.29, 1.82) is 0 Å². The van der Waals surface area contributed by atoms with Gasteiger partial charge in [0.15, 0.2) is 0 Å². The second kappa shape index (κ2) is 7.75. The highest BCUT2D eigenvalue weighted by Crippen LogP contribution is 2.44. The van der Waals surface area contributed by atoms with E-state index in [1.165, 1.54) is 0 Å². The van der Waals surface area contributed by atoms with Gasteiger partial charge in [-0.05, 0) is 28.7 Å². The van der Waals surface area contributed by atoms with Crippen molar-refractivity contribution >= 4 is 12.1 Å². The molecule has 1 amide bonds. The van der Waals surface area contributed by atoms with Crippen molar-refractivity contribution < 1.29 is 19.4 Å². The number of carbonyl (C=O) groups excluding carboxylic acids is 1. The number of nitrogens with zero attached hydrogens (tertiary/aromatic N) is 2. The number of carboxylic acids is 1. The number of ether oxygens (including phenoxy) is 1. The molecule has 1 aliphatic rings. The van der Waals surface area contributed by atoms with Crippen LogP contribution in [-0.2, 0) is 4.74 Å². The first-order valence-electron chi connectivity index (χ1n) is 9.35. The average Bonchev–Trinajstić information content (AvgIpc) is 3.34. The molecule has 2 aromatic carbocycles. The maximum atomic E-state index is 12.4. The Bertz CT molecular complexity index is 1020. The van der Waals surface area contributed by atoms with Gasteiger partial charge in [-0.3, -0.25) is 5.10 Å². The number of fused-ring (bicyclic) bond motifs is 3. The second-order valence-electron chi connectivity index (χ2n) is 6.78. The van der Waals surface area contributed by atoms with E-state index in [4.69, 9.17) is 9.84 Å². The van der Waals surface area contributed by atoms with Crippen molar-refractivity contribution in [3.63, 3.8) is 0 Å². The molecule has 0 saturated heterocycles. The molecule has 0 aliphatic heterocycles. The van der Waals surface area contributed by atoms with Crippen molar-refractivity contribution in [2.24, 2.45) is 0 Å². The van der Waals surface area contributed by atoms with E-state index in [1.54, 1.807) is 0 Å². The lowest BCUT2D eigenvalue weighted by molar-refractivity contribution is 0.0684. The number of aromatic carboxylic acids is 1. The fourth-order valence-electron chi connectivity index (χ4n) is 3.67. The molecule has 1 heterocycles. The summed E-state index contributed by atoms with van der Waals surface area (Å²) in [4.78, 5) is 27.2. The quantitative estimate of drug-likeness (QED) is 0.591. The van der Waals surface area contributed by atoms with Gasteiger partial charge in [-0.15, -0.1) is 5.10 Å². The van der Waals surface area contributed by atoms with Gasteiger partial charge in [-0.25, -0.2) is 14.6 Å². The second-order valence-corrected chi connectivity index (χ2v) is 6.78. The van der Waals surface area contributed by atoms with Gasteiger partial charge in [0.05, 0.1) is 6.04 Å². The van der Waals surface area contributed by atoms with E-state index in [2.05, 4.69) is 44.8 Å². The predicted molar refractivity (Wildman–Crippen MR) is 105 cm³/mol. The molecule has 1 aromatic heterocycles. The number of nitrogens with one attached hydrogen (secondary N) is 2. The number of hydrogen-bond acceptors (Lipinski definition) is 5. The van der Waals surface area contributed by atoms with E-state index in [0.717, 1.165) is 22.3 Å². The standard InChI is InChI=1S/C21H20N4O4/c1-2-17(18-23-19(20(26)27)25-24-18)22-21(28)29-11-16-14-9-5-3-7-12(14)13-8-4-6-10-15(13)16/h3-10,16-17H,2,11H2,1H3,(H,22,28)(H,26,27)(H,23,24,25)/t17-/m0/s1. The van der Waals surface area contributed by atoms with E-state index in [-0.39, 0.29) is 24.2 Å². The summed E-state index contributed by atoms with van der Waals surface area (Å²) in [5, 5.41) is 17.8. The summed E-state index contributed by atoms with van der Waals surface area (Å²) >= 11 is 0. The first kappa shape index (κ1) is 18.7. The number of hydrogen-bond donors (Lipinski definition) is 3. The molecule has 1 aliphatic carbocycles. The lowest BCUT2D eigenvalue weighted by atomic mass is 9.98. The van der Waals surface area contributed by atoms with Gasteiger partial charge in [-0.2, -0.15) is 0 Å². The van der Waals surface area contributed by atoms with E-state index >= 15 is 0 Å². The first-order valence-corrected chi connectivity index (χ1v) is 9.35. The molecular weight excluding hydrogens is 372 g/mol. The van der Waals surface area contributed by atoms with Gasteiger partial charge in [0.2, 0.25) is 0 Å². The largest absolute Gasteiger partial charge is 0.475 e. The van der Waals surface area contributed by atoms with Gasteiger partial charge >= 0.3 is 12.1 Å². The molecule has 0 fully saturated rings. The smallest absolute Gasteiger partial charge is 0.407 e. The molecule has 0 bridgehead atoms. The molecular formula is C21H20N4O4. The Morgan fingerprint density at radius 1 is 1.14 bits per heavy atom. The van der Waals surface area contributed by atoms with Crippen LogP contribution >= 0.6 is 0 Å². The van der Waals surface area contributed by atoms with Crippen LogP contribution in [0.4, 0.5) is 4.79 Å². The normalized spacial score (nSPS) is 13.4. The fourth-order valence-corrected chi connectivity index (χ4v) is 3.67. The monoisotopic (exact) mass is 392 g/mol. The highest BCUT2D eigenvalue weighted by molar-refractivity contribution is 5.83. The van der Waals surface area contributed by atoms with Crippen LogP contribution in [0.25, 0.3) is 11.1 Å². The van der Waals surface area contributed by atoms with Crippen molar-refractivity contribution in [2.75, 3.05) is 6.61 Å². The third-order valence-electron chi connectivity index (χ3n) is 5.07. The van der Waals surface area contributed by atoms with Gasteiger partial charge in [0, 0.05) is 5.92 Å². The number of alkyl carbamates (subject to hydrolysis) is 1. The minimum atomic E-state index is -1.23. The van der Waals surface area contributed by atoms with E-state index in [1.807, 2.05) is 31.2 Å². The Morgan fingerprint density at radius 2 is 1.76 bits per heavy atom. The Morgan fingerprint density at radius 3 is 2.31 bits per heavy atom. The Balaban J connectivity index is 1.45. The van der Waals surface area contributed by atoms with Crippen molar-refractivity contribution in [1.82, 2.24) is 20.5 Å². The van der Waals surface area contributed by atoms with Crippen LogP contribution in [0.3, 0.4) is 0 Å². The summed E-state index contributed by atoms with van der Waals surface area (Å²) < 4.78 is 5.52. The number of aromatic amines is 1. The van der Waals surface area contributed by atoms with Crippen LogP contribution in [0.15, 0.2) is 48.5 Å². The minimum Gasteiger partial charge on any atom is -0.475 e. The third kappa shape index (κ3) is 3.56. The first-order chi connectivity index (χ1) is 14.1. The topological polar surface area (TPSA) is 117 Å². The molecule has 3 N–H and O–H groups in total. The van der Waals surface area contributed by atoms with E-state index in [9.17, 15) is 9.59 Å². The molecule has 8 nitrogen and oxygen atoms in total. The number of carboxylic acid groups (broad SMARTS) is 1. The maximum absolute atomic E-state index is 12.4. The van der Waals surface area contributed by atoms with Crippen LogP contribution in [0.5, 0.6) is 0 Å². The lowest BCUT2D eigenvalue weighted by Gasteiger charge is -2.17. The molecule has 148 valence electrons. The number of aromatic nitrogens is 3. The number of amides is 1. The van der Waals surface area contributed by atoms with Gasteiger partial charge in [0.1, 0.15) is 12.4 Å².